The summed E-state index contributed by atoms with van der Waals surface area (Å²) in [5.74, 6) is 0. The van der Waals surface area contributed by atoms with Crippen LogP contribution in [0.5, 0.6) is 0 Å². The Hall–Kier alpha value is -1.04. The molecule has 0 fully saturated rings. The molecule has 0 aliphatic rings. The fraction of sp³-hybridized carbons (Fsp3) is 0.143. The van der Waals surface area contributed by atoms with E-state index in [2.05, 4.69) is 15.9 Å². The lowest BCUT2D eigenvalue weighted by atomic mass is 9.95. The Morgan fingerprint density at radius 2 is 1.75 bits per heavy atom. The van der Waals surface area contributed by atoms with Gasteiger partial charge in [0.15, 0.2) is 0 Å². The predicted molar refractivity (Wildman–Crippen MR) is 76.6 cm³/mol. The maximum Gasteiger partial charge on any atom is 0.416 e. The van der Waals surface area contributed by atoms with Crippen molar-refractivity contribution in [1.29, 1.82) is 0 Å². The van der Waals surface area contributed by atoms with E-state index < -0.39 is 17.8 Å². The van der Waals surface area contributed by atoms with Gasteiger partial charge in [0.2, 0.25) is 0 Å². The third-order valence-electron chi connectivity index (χ3n) is 2.90. The van der Waals surface area contributed by atoms with Gasteiger partial charge in [-0.1, -0.05) is 35.9 Å². The van der Waals surface area contributed by atoms with Gasteiger partial charge in [-0.25, -0.2) is 0 Å². The van der Waals surface area contributed by atoms with Crippen LogP contribution in [-0.2, 0) is 6.18 Å². The van der Waals surface area contributed by atoms with E-state index in [0.29, 0.717) is 15.1 Å². The van der Waals surface area contributed by atoms with Crippen molar-refractivity contribution in [2.75, 3.05) is 0 Å². The van der Waals surface area contributed by atoms with Crippen molar-refractivity contribution in [3.05, 3.63) is 68.7 Å². The Morgan fingerprint density at radius 3 is 2.35 bits per heavy atom. The van der Waals surface area contributed by atoms with E-state index >= 15 is 0 Å². The van der Waals surface area contributed by atoms with E-state index in [9.17, 15) is 13.2 Å². The van der Waals surface area contributed by atoms with Crippen molar-refractivity contribution in [3.63, 3.8) is 0 Å². The number of hydrogen-bond donors (Lipinski definition) is 1. The molecule has 2 aromatic carbocycles. The molecule has 106 valence electrons. The summed E-state index contributed by atoms with van der Waals surface area (Å²) in [6.07, 6.45) is -4.44. The lowest BCUT2D eigenvalue weighted by molar-refractivity contribution is -0.138. The van der Waals surface area contributed by atoms with Crippen molar-refractivity contribution in [2.45, 2.75) is 12.2 Å². The minimum atomic E-state index is -4.44. The van der Waals surface area contributed by atoms with Gasteiger partial charge in [0, 0.05) is 4.47 Å². The molecule has 0 aliphatic carbocycles. The smallest absolute Gasteiger partial charge is 0.320 e. The van der Waals surface area contributed by atoms with E-state index in [-0.39, 0.29) is 5.56 Å². The van der Waals surface area contributed by atoms with Crippen LogP contribution in [0.15, 0.2) is 46.9 Å². The summed E-state index contributed by atoms with van der Waals surface area (Å²) in [6, 6.07) is 9.25. The lowest BCUT2D eigenvalue weighted by Gasteiger charge is -2.19. The van der Waals surface area contributed by atoms with Gasteiger partial charge in [-0.15, -0.1) is 0 Å². The molecule has 6 heteroatoms. The van der Waals surface area contributed by atoms with E-state index in [1.165, 1.54) is 18.2 Å². The molecule has 2 aromatic rings. The predicted octanol–water partition coefficient (Wildman–Crippen LogP) is 5.17. The molecule has 0 radical (unpaired) electrons. The maximum absolute atomic E-state index is 13.0. The topological polar surface area (TPSA) is 26.0 Å². The van der Waals surface area contributed by atoms with Gasteiger partial charge < -0.3 is 5.73 Å². The van der Waals surface area contributed by atoms with Crippen LogP contribution in [0.1, 0.15) is 22.7 Å². The van der Waals surface area contributed by atoms with Gasteiger partial charge in [0.1, 0.15) is 0 Å². The van der Waals surface area contributed by atoms with Crippen LogP contribution in [-0.4, -0.2) is 0 Å². The first-order valence-corrected chi connectivity index (χ1v) is 6.84. The average molecular weight is 365 g/mol. The summed E-state index contributed by atoms with van der Waals surface area (Å²) in [6.45, 7) is 0. The Labute approximate surface area is 127 Å². The fourth-order valence-corrected chi connectivity index (χ4v) is 2.35. The Kier molecular flexibility index (Phi) is 4.42. The molecule has 0 heterocycles. The molecule has 1 nitrogen and oxygen atoms in total. The molecule has 0 spiro atoms. The van der Waals surface area contributed by atoms with Crippen LogP contribution >= 0.6 is 27.5 Å². The quantitative estimate of drug-likeness (QED) is 0.782. The first-order valence-electron chi connectivity index (χ1n) is 5.67. The molecule has 20 heavy (non-hydrogen) atoms. The van der Waals surface area contributed by atoms with Crippen molar-refractivity contribution in [3.8, 4) is 0 Å². The molecule has 0 amide bonds. The highest BCUT2D eigenvalue weighted by Crippen LogP contribution is 2.36. The fourth-order valence-electron chi connectivity index (χ4n) is 1.91. The van der Waals surface area contributed by atoms with Crippen LogP contribution in [0, 0.1) is 0 Å². The largest absolute Gasteiger partial charge is 0.416 e. The van der Waals surface area contributed by atoms with Gasteiger partial charge >= 0.3 is 6.18 Å². The molecule has 0 aliphatic heterocycles. The minimum absolute atomic E-state index is 0.0263. The molecule has 1 atom stereocenters. The zero-order valence-corrected chi connectivity index (χ0v) is 12.4. The highest BCUT2D eigenvalue weighted by Gasteiger charge is 2.34. The van der Waals surface area contributed by atoms with E-state index in [0.717, 1.165) is 6.07 Å². The Bertz CT molecular complexity index is 628. The molecular weight excluding hydrogens is 355 g/mol. The van der Waals surface area contributed by atoms with Crippen molar-refractivity contribution < 1.29 is 13.2 Å². The molecule has 0 aromatic heterocycles. The summed E-state index contributed by atoms with van der Waals surface area (Å²) in [7, 11) is 0. The van der Waals surface area contributed by atoms with Gasteiger partial charge in [-0.05, 0) is 45.3 Å². The molecule has 2 N–H and O–H groups in total. The highest BCUT2D eigenvalue weighted by molar-refractivity contribution is 9.10. The summed E-state index contributed by atoms with van der Waals surface area (Å²) >= 11 is 9.18. The number of rotatable bonds is 2. The summed E-state index contributed by atoms with van der Waals surface area (Å²) < 4.78 is 39.6. The number of alkyl halides is 3. The maximum atomic E-state index is 13.0. The summed E-state index contributed by atoms with van der Waals surface area (Å²) in [5, 5.41) is 0.405. The zero-order chi connectivity index (χ0) is 14.9. The highest BCUT2D eigenvalue weighted by atomic mass is 79.9. The van der Waals surface area contributed by atoms with Crippen LogP contribution < -0.4 is 5.73 Å². The third-order valence-corrected chi connectivity index (χ3v) is 4.14. The molecule has 0 bridgehead atoms. The molecule has 1 unspecified atom stereocenters. The second kappa shape index (κ2) is 5.76. The zero-order valence-electron chi connectivity index (χ0n) is 10.1. The van der Waals surface area contributed by atoms with E-state index in [1.54, 1.807) is 18.2 Å². The Morgan fingerprint density at radius 1 is 1.10 bits per heavy atom. The summed E-state index contributed by atoms with van der Waals surface area (Å²) in [5.41, 5.74) is 5.78. The lowest BCUT2D eigenvalue weighted by Crippen LogP contribution is -2.18. The second-order valence-electron chi connectivity index (χ2n) is 4.24. The van der Waals surface area contributed by atoms with E-state index in [4.69, 9.17) is 17.3 Å². The second-order valence-corrected chi connectivity index (χ2v) is 5.50. The summed E-state index contributed by atoms with van der Waals surface area (Å²) in [4.78, 5) is 0. The monoisotopic (exact) mass is 363 g/mol. The molecule has 0 saturated heterocycles. The van der Waals surface area contributed by atoms with Gasteiger partial charge in [0.05, 0.1) is 16.6 Å². The van der Waals surface area contributed by atoms with Crippen LogP contribution in [0.25, 0.3) is 0 Å². The normalized spacial score (nSPS) is 13.3. The Balaban J connectivity index is 2.48. The number of benzene rings is 2. The van der Waals surface area contributed by atoms with Gasteiger partial charge in [-0.2, -0.15) is 13.2 Å². The SMILES string of the molecule is NC(c1ccc(Br)c(Cl)c1)c1ccccc1C(F)(F)F. The van der Waals surface area contributed by atoms with Gasteiger partial charge in [-0.3, -0.25) is 0 Å². The average Bonchev–Trinajstić information content (AvgIpc) is 2.40. The van der Waals surface area contributed by atoms with Gasteiger partial charge in [0.25, 0.3) is 0 Å². The number of nitrogens with two attached hydrogens (primary N) is 1. The van der Waals surface area contributed by atoms with Crippen molar-refractivity contribution >= 4 is 27.5 Å². The molecule has 0 saturated carbocycles. The van der Waals surface area contributed by atoms with Crippen molar-refractivity contribution in [2.24, 2.45) is 5.73 Å². The molecular formula is C14H10BrClF3N. The van der Waals surface area contributed by atoms with E-state index in [1.807, 2.05) is 0 Å². The van der Waals surface area contributed by atoms with Crippen molar-refractivity contribution in [1.82, 2.24) is 0 Å². The standard InChI is InChI=1S/C14H10BrClF3N/c15-11-6-5-8(7-12(11)16)13(20)9-3-1-2-4-10(9)14(17,18)19/h1-7,13H,20H2. The number of halogens is 5. The molecule has 2 rings (SSSR count). The minimum Gasteiger partial charge on any atom is -0.320 e. The van der Waals surface area contributed by atoms with Crippen LogP contribution in [0.4, 0.5) is 13.2 Å². The number of hydrogen-bond acceptors (Lipinski definition) is 1. The third kappa shape index (κ3) is 3.16. The first kappa shape index (κ1) is 15.4. The van der Waals surface area contributed by atoms with Crippen LogP contribution in [0.3, 0.4) is 0 Å². The first-order chi connectivity index (χ1) is 9.30. The van der Waals surface area contributed by atoms with Crippen LogP contribution in [0.2, 0.25) is 5.02 Å².